The van der Waals surface area contributed by atoms with E-state index in [1.165, 1.54) is 0 Å². The third-order valence-corrected chi connectivity index (χ3v) is 4.81. The summed E-state index contributed by atoms with van der Waals surface area (Å²) in [6.45, 7) is -0.0181. The molecule has 0 unspecified atom stereocenters. The van der Waals surface area contributed by atoms with Gasteiger partial charge >= 0.3 is 0 Å². The summed E-state index contributed by atoms with van der Waals surface area (Å²) < 4.78 is 10.8. The quantitative estimate of drug-likeness (QED) is 0.583. The normalized spacial score (nSPS) is 10.6. The number of rotatable bonds is 7. The second-order valence-electron chi connectivity index (χ2n) is 6.22. The van der Waals surface area contributed by atoms with Crippen LogP contribution in [0.5, 0.6) is 11.5 Å². The summed E-state index contributed by atoms with van der Waals surface area (Å²) in [4.78, 5) is 13.2. The molecular formula is C23H21ClO4. The molecule has 3 aromatic rings. The molecule has 4 nitrogen and oxygen atoms in total. The van der Waals surface area contributed by atoms with E-state index >= 15 is 0 Å². The molecule has 0 amide bonds. The van der Waals surface area contributed by atoms with Crippen molar-refractivity contribution >= 4 is 17.4 Å². The second kappa shape index (κ2) is 8.91. The van der Waals surface area contributed by atoms with Gasteiger partial charge in [0.25, 0.3) is 0 Å². The molecule has 0 heterocycles. The maximum absolute atomic E-state index is 13.2. The molecule has 5 heteroatoms. The molecule has 0 bridgehead atoms. The van der Waals surface area contributed by atoms with Gasteiger partial charge in [0.1, 0.15) is 0 Å². The Kier molecular flexibility index (Phi) is 6.34. The van der Waals surface area contributed by atoms with Crippen molar-refractivity contribution in [1.29, 1.82) is 0 Å². The van der Waals surface area contributed by atoms with Crippen LogP contribution in [-0.2, 0) is 6.42 Å². The largest absolute Gasteiger partial charge is 0.493 e. The van der Waals surface area contributed by atoms with Crippen molar-refractivity contribution < 1.29 is 19.4 Å². The molecule has 0 fully saturated rings. The van der Waals surface area contributed by atoms with Crippen molar-refractivity contribution in [3.8, 4) is 22.6 Å². The molecule has 0 aromatic heterocycles. The van der Waals surface area contributed by atoms with Gasteiger partial charge in [0.2, 0.25) is 0 Å². The minimum atomic E-state index is -0.1000. The van der Waals surface area contributed by atoms with Gasteiger partial charge in [-0.1, -0.05) is 35.9 Å². The lowest BCUT2D eigenvalue weighted by atomic mass is 9.90. The number of halogens is 1. The number of aliphatic hydroxyl groups is 1. The van der Waals surface area contributed by atoms with Gasteiger partial charge in [0, 0.05) is 22.8 Å². The number of hydrogen-bond donors (Lipinski definition) is 1. The first-order chi connectivity index (χ1) is 13.6. The number of carbonyl (C=O) groups excluding carboxylic acids is 1. The number of ketones is 1. The van der Waals surface area contributed by atoms with Crippen LogP contribution in [0.1, 0.15) is 21.5 Å². The monoisotopic (exact) mass is 396 g/mol. The van der Waals surface area contributed by atoms with Crippen LogP contribution in [0.3, 0.4) is 0 Å². The predicted octanol–water partition coefficient (Wildman–Crippen LogP) is 4.79. The molecule has 3 aromatic carbocycles. The van der Waals surface area contributed by atoms with E-state index in [1.54, 1.807) is 44.6 Å². The average Bonchev–Trinajstić information content (AvgIpc) is 2.73. The molecule has 3 rings (SSSR count). The number of methoxy groups -OCH3 is 2. The Morgan fingerprint density at radius 3 is 2.21 bits per heavy atom. The number of carbonyl (C=O) groups is 1. The molecule has 0 aliphatic rings. The minimum Gasteiger partial charge on any atom is -0.493 e. The predicted molar refractivity (Wildman–Crippen MR) is 111 cm³/mol. The van der Waals surface area contributed by atoms with E-state index in [0.29, 0.717) is 34.1 Å². The van der Waals surface area contributed by atoms with Crippen molar-refractivity contribution in [3.05, 3.63) is 82.4 Å². The zero-order valence-electron chi connectivity index (χ0n) is 15.7. The fourth-order valence-electron chi connectivity index (χ4n) is 3.17. The molecule has 1 N–H and O–H groups in total. The first-order valence-corrected chi connectivity index (χ1v) is 9.22. The SMILES string of the molecule is COc1cc(CCO)c(-c2ccccc2C(=O)c2ccc(Cl)cc2)cc1OC. The number of benzene rings is 3. The summed E-state index contributed by atoms with van der Waals surface area (Å²) in [7, 11) is 3.14. The summed E-state index contributed by atoms with van der Waals surface area (Å²) in [6, 6.07) is 17.9. The smallest absolute Gasteiger partial charge is 0.193 e. The molecule has 0 aliphatic heterocycles. The molecule has 0 saturated heterocycles. The lowest BCUT2D eigenvalue weighted by Crippen LogP contribution is -2.05. The van der Waals surface area contributed by atoms with Gasteiger partial charge in [-0.2, -0.15) is 0 Å². The van der Waals surface area contributed by atoms with Crippen molar-refractivity contribution in [2.45, 2.75) is 6.42 Å². The van der Waals surface area contributed by atoms with E-state index in [9.17, 15) is 9.90 Å². The van der Waals surface area contributed by atoms with Crippen LogP contribution >= 0.6 is 11.6 Å². The maximum atomic E-state index is 13.2. The highest BCUT2D eigenvalue weighted by Crippen LogP contribution is 2.37. The molecule has 0 saturated carbocycles. The van der Waals surface area contributed by atoms with Crippen LogP contribution in [0, 0.1) is 0 Å². The fourth-order valence-corrected chi connectivity index (χ4v) is 3.30. The third-order valence-electron chi connectivity index (χ3n) is 4.56. The van der Waals surface area contributed by atoms with E-state index in [-0.39, 0.29) is 12.4 Å². The lowest BCUT2D eigenvalue weighted by molar-refractivity contribution is 0.103. The average molecular weight is 397 g/mol. The first-order valence-electron chi connectivity index (χ1n) is 8.84. The summed E-state index contributed by atoms with van der Waals surface area (Å²) >= 11 is 5.95. The van der Waals surface area contributed by atoms with Gasteiger partial charge in [-0.05, 0) is 59.5 Å². The van der Waals surface area contributed by atoms with Gasteiger partial charge in [-0.15, -0.1) is 0 Å². The van der Waals surface area contributed by atoms with E-state index < -0.39 is 0 Å². The maximum Gasteiger partial charge on any atom is 0.193 e. The number of hydrogen-bond acceptors (Lipinski definition) is 4. The van der Waals surface area contributed by atoms with Gasteiger partial charge in [-0.3, -0.25) is 4.79 Å². The molecule has 28 heavy (non-hydrogen) atoms. The Labute approximate surface area is 169 Å². The van der Waals surface area contributed by atoms with Crippen LogP contribution in [0.4, 0.5) is 0 Å². The highest BCUT2D eigenvalue weighted by Gasteiger charge is 2.19. The fraction of sp³-hybridized carbons (Fsp3) is 0.174. The summed E-state index contributed by atoms with van der Waals surface area (Å²) in [5, 5.41) is 10.1. The van der Waals surface area contributed by atoms with Crippen molar-refractivity contribution in [2.75, 3.05) is 20.8 Å². The van der Waals surface area contributed by atoms with Crippen molar-refractivity contribution in [2.24, 2.45) is 0 Å². The molecular weight excluding hydrogens is 376 g/mol. The van der Waals surface area contributed by atoms with Gasteiger partial charge in [-0.25, -0.2) is 0 Å². The Morgan fingerprint density at radius 2 is 1.57 bits per heavy atom. The summed E-state index contributed by atoms with van der Waals surface area (Å²) in [5.41, 5.74) is 3.59. The van der Waals surface area contributed by atoms with Gasteiger partial charge < -0.3 is 14.6 Å². The van der Waals surface area contributed by atoms with Crippen LogP contribution in [0.15, 0.2) is 60.7 Å². The van der Waals surface area contributed by atoms with E-state index in [1.807, 2.05) is 30.3 Å². The van der Waals surface area contributed by atoms with E-state index in [2.05, 4.69) is 0 Å². The van der Waals surface area contributed by atoms with Crippen LogP contribution in [0.25, 0.3) is 11.1 Å². The Hall–Kier alpha value is -2.82. The topological polar surface area (TPSA) is 55.8 Å². The Morgan fingerprint density at radius 1 is 0.929 bits per heavy atom. The van der Waals surface area contributed by atoms with Crippen LogP contribution < -0.4 is 9.47 Å². The molecule has 0 radical (unpaired) electrons. The lowest BCUT2D eigenvalue weighted by Gasteiger charge is -2.17. The Balaban J connectivity index is 2.17. The summed E-state index contributed by atoms with van der Waals surface area (Å²) in [6.07, 6.45) is 0.430. The third kappa shape index (κ3) is 4.03. The van der Waals surface area contributed by atoms with Crippen LogP contribution in [-0.4, -0.2) is 31.7 Å². The van der Waals surface area contributed by atoms with Gasteiger partial charge in [0.15, 0.2) is 17.3 Å². The Bertz CT molecular complexity index is 980. The van der Waals surface area contributed by atoms with Crippen LogP contribution in [0.2, 0.25) is 5.02 Å². The minimum absolute atomic E-state index is 0.0181. The van der Waals surface area contributed by atoms with Gasteiger partial charge in [0.05, 0.1) is 14.2 Å². The zero-order chi connectivity index (χ0) is 20.1. The standard InChI is InChI=1S/C23H21ClO4/c1-27-21-13-16(11-12-25)20(14-22(21)28-2)18-5-3-4-6-19(18)23(26)15-7-9-17(24)10-8-15/h3-10,13-14,25H,11-12H2,1-2H3. The number of aliphatic hydroxyl groups excluding tert-OH is 1. The zero-order valence-corrected chi connectivity index (χ0v) is 16.5. The molecule has 144 valence electrons. The summed E-state index contributed by atoms with van der Waals surface area (Å²) in [5.74, 6) is 1.04. The first kappa shape index (κ1) is 19.9. The van der Waals surface area contributed by atoms with Crippen molar-refractivity contribution in [1.82, 2.24) is 0 Å². The van der Waals surface area contributed by atoms with E-state index in [0.717, 1.165) is 16.7 Å². The van der Waals surface area contributed by atoms with Crippen molar-refractivity contribution in [3.63, 3.8) is 0 Å². The number of ether oxygens (including phenoxy) is 2. The molecule has 0 aliphatic carbocycles. The highest BCUT2D eigenvalue weighted by molar-refractivity contribution is 6.30. The highest BCUT2D eigenvalue weighted by atomic mass is 35.5. The molecule has 0 spiro atoms. The second-order valence-corrected chi connectivity index (χ2v) is 6.66. The van der Waals surface area contributed by atoms with E-state index in [4.69, 9.17) is 21.1 Å². The molecule has 0 atom stereocenters.